The molecule has 2 aromatic rings. The standard InChI is InChI=1S/C15H16ClN3O3S/c1-10-7-12(9-18-14(10)16)23(21,22)19-13(15(17)20)8-11-5-3-2-4-6-11/h2-7,9,13,19H,8H2,1H3,(H2,17,20)/t13-/m0/s1. The Balaban J connectivity index is 2.24. The largest absolute Gasteiger partial charge is 0.368 e. The third-order valence-electron chi connectivity index (χ3n) is 3.22. The van der Waals surface area contributed by atoms with Gasteiger partial charge in [-0.05, 0) is 30.5 Å². The van der Waals surface area contributed by atoms with Crippen molar-refractivity contribution in [1.29, 1.82) is 0 Å². The molecular formula is C15H16ClN3O3S. The van der Waals surface area contributed by atoms with Gasteiger partial charge < -0.3 is 5.73 Å². The molecule has 0 spiro atoms. The van der Waals surface area contributed by atoms with E-state index < -0.39 is 22.0 Å². The summed E-state index contributed by atoms with van der Waals surface area (Å²) < 4.78 is 27.1. The van der Waals surface area contributed by atoms with Crippen molar-refractivity contribution in [3.05, 3.63) is 58.9 Å². The topological polar surface area (TPSA) is 102 Å². The second-order valence-electron chi connectivity index (χ2n) is 5.04. The first-order valence-corrected chi connectivity index (χ1v) is 8.63. The summed E-state index contributed by atoms with van der Waals surface area (Å²) in [6.07, 6.45) is 1.30. The lowest BCUT2D eigenvalue weighted by molar-refractivity contribution is -0.119. The molecule has 1 atom stereocenters. The van der Waals surface area contributed by atoms with Gasteiger partial charge >= 0.3 is 0 Å². The smallest absolute Gasteiger partial charge is 0.242 e. The number of amides is 1. The number of halogens is 1. The summed E-state index contributed by atoms with van der Waals surface area (Å²) in [5, 5.41) is 0.222. The van der Waals surface area contributed by atoms with Gasteiger partial charge in [-0.15, -0.1) is 0 Å². The molecule has 122 valence electrons. The van der Waals surface area contributed by atoms with Gasteiger partial charge in [-0.25, -0.2) is 13.4 Å². The zero-order valence-electron chi connectivity index (χ0n) is 12.4. The molecule has 0 fully saturated rings. The lowest BCUT2D eigenvalue weighted by Gasteiger charge is -2.16. The van der Waals surface area contributed by atoms with E-state index in [-0.39, 0.29) is 16.5 Å². The van der Waals surface area contributed by atoms with Gasteiger partial charge in [-0.2, -0.15) is 4.72 Å². The van der Waals surface area contributed by atoms with E-state index in [0.717, 1.165) is 11.8 Å². The normalized spacial score (nSPS) is 12.8. The van der Waals surface area contributed by atoms with Crippen molar-refractivity contribution in [3.63, 3.8) is 0 Å². The van der Waals surface area contributed by atoms with Gasteiger partial charge in [0.2, 0.25) is 15.9 Å². The van der Waals surface area contributed by atoms with E-state index >= 15 is 0 Å². The SMILES string of the molecule is Cc1cc(S(=O)(=O)N[C@@H](Cc2ccccc2)C(N)=O)cnc1Cl. The summed E-state index contributed by atoms with van der Waals surface area (Å²) in [7, 11) is -3.94. The number of nitrogens with two attached hydrogens (primary N) is 1. The Bertz CT molecular complexity index is 810. The van der Waals surface area contributed by atoms with Crippen molar-refractivity contribution in [1.82, 2.24) is 9.71 Å². The molecule has 1 aromatic heterocycles. The van der Waals surface area contributed by atoms with E-state index in [1.54, 1.807) is 31.2 Å². The molecule has 1 aromatic carbocycles. The third-order valence-corrected chi connectivity index (χ3v) is 5.06. The maximum atomic E-state index is 12.4. The minimum atomic E-state index is -3.94. The Hall–Kier alpha value is -1.96. The fraction of sp³-hybridized carbons (Fsp3) is 0.200. The summed E-state index contributed by atoms with van der Waals surface area (Å²) in [5.41, 5.74) is 6.64. The second-order valence-corrected chi connectivity index (χ2v) is 7.12. The van der Waals surface area contributed by atoms with Crippen LogP contribution in [0.5, 0.6) is 0 Å². The van der Waals surface area contributed by atoms with E-state index in [0.29, 0.717) is 5.56 Å². The monoisotopic (exact) mass is 353 g/mol. The van der Waals surface area contributed by atoms with E-state index in [1.807, 2.05) is 6.07 Å². The number of aromatic nitrogens is 1. The summed E-state index contributed by atoms with van der Waals surface area (Å²) >= 11 is 5.79. The Morgan fingerprint density at radius 2 is 2.00 bits per heavy atom. The van der Waals surface area contributed by atoms with Crippen LogP contribution >= 0.6 is 11.6 Å². The molecule has 1 heterocycles. The van der Waals surface area contributed by atoms with Gasteiger partial charge in [0, 0.05) is 6.20 Å². The molecule has 1 amide bonds. The highest BCUT2D eigenvalue weighted by Crippen LogP contribution is 2.17. The van der Waals surface area contributed by atoms with E-state index in [9.17, 15) is 13.2 Å². The summed E-state index contributed by atoms with van der Waals surface area (Å²) in [5.74, 6) is -0.754. The number of nitrogens with zero attached hydrogens (tertiary/aromatic N) is 1. The van der Waals surface area contributed by atoms with E-state index in [4.69, 9.17) is 17.3 Å². The lowest BCUT2D eigenvalue weighted by atomic mass is 10.1. The van der Waals surface area contributed by atoms with Crippen LogP contribution in [0, 0.1) is 6.92 Å². The third kappa shape index (κ3) is 4.51. The maximum Gasteiger partial charge on any atom is 0.242 e. The second kappa shape index (κ2) is 7.08. The number of benzene rings is 1. The number of carbonyl (C=O) groups is 1. The van der Waals surface area contributed by atoms with Crippen LogP contribution in [0.15, 0.2) is 47.5 Å². The highest BCUT2D eigenvalue weighted by atomic mass is 35.5. The van der Waals surface area contributed by atoms with Crippen molar-refractivity contribution in [3.8, 4) is 0 Å². The molecule has 2 rings (SSSR count). The molecule has 0 saturated carbocycles. The molecule has 0 unspecified atom stereocenters. The van der Waals surface area contributed by atoms with Crippen LogP contribution in [0.25, 0.3) is 0 Å². The van der Waals surface area contributed by atoms with Crippen LogP contribution in [-0.2, 0) is 21.2 Å². The van der Waals surface area contributed by atoms with Crippen LogP contribution in [0.1, 0.15) is 11.1 Å². The molecule has 0 bridgehead atoms. The number of carbonyl (C=O) groups excluding carboxylic acids is 1. The Labute approximate surface area is 139 Å². The summed E-state index contributed by atoms with van der Waals surface area (Å²) in [6, 6.07) is 9.34. The Kier molecular flexibility index (Phi) is 5.35. The predicted molar refractivity (Wildman–Crippen MR) is 87.4 cm³/mol. The number of rotatable bonds is 6. The average Bonchev–Trinajstić information content (AvgIpc) is 2.50. The number of hydrogen-bond donors (Lipinski definition) is 2. The highest BCUT2D eigenvalue weighted by molar-refractivity contribution is 7.89. The van der Waals surface area contributed by atoms with E-state index in [1.165, 1.54) is 6.07 Å². The minimum Gasteiger partial charge on any atom is -0.368 e. The van der Waals surface area contributed by atoms with Crippen LogP contribution in [0.4, 0.5) is 0 Å². The fourth-order valence-electron chi connectivity index (χ4n) is 1.98. The fourth-order valence-corrected chi connectivity index (χ4v) is 3.32. The molecule has 3 N–H and O–H groups in total. The van der Waals surface area contributed by atoms with Gasteiger partial charge in [0.1, 0.15) is 16.1 Å². The van der Waals surface area contributed by atoms with Crippen molar-refractivity contribution in [2.24, 2.45) is 5.73 Å². The van der Waals surface area contributed by atoms with E-state index in [2.05, 4.69) is 9.71 Å². The van der Waals surface area contributed by atoms with Gasteiger partial charge in [-0.3, -0.25) is 4.79 Å². The summed E-state index contributed by atoms with van der Waals surface area (Å²) in [6.45, 7) is 1.64. The highest BCUT2D eigenvalue weighted by Gasteiger charge is 2.25. The number of aryl methyl sites for hydroxylation is 1. The molecule has 23 heavy (non-hydrogen) atoms. The van der Waals surface area contributed by atoms with Crippen LogP contribution in [0.2, 0.25) is 5.15 Å². The zero-order chi connectivity index (χ0) is 17.0. The number of pyridine rings is 1. The van der Waals surface area contributed by atoms with Crippen molar-refractivity contribution >= 4 is 27.5 Å². The maximum absolute atomic E-state index is 12.4. The van der Waals surface area contributed by atoms with Crippen LogP contribution < -0.4 is 10.5 Å². The molecule has 0 radical (unpaired) electrons. The number of primary amides is 1. The summed E-state index contributed by atoms with van der Waals surface area (Å²) in [4.78, 5) is 15.3. The first kappa shape index (κ1) is 17.4. The molecule has 6 nitrogen and oxygen atoms in total. The Morgan fingerprint density at radius 3 is 2.57 bits per heavy atom. The van der Waals surface area contributed by atoms with Gasteiger partial charge in [0.05, 0.1) is 0 Å². The molecule has 0 aliphatic heterocycles. The zero-order valence-corrected chi connectivity index (χ0v) is 13.9. The minimum absolute atomic E-state index is 0.0706. The average molecular weight is 354 g/mol. The van der Waals surface area contributed by atoms with Crippen molar-refractivity contribution in [2.75, 3.05) is 0 Å². The van der Waals surface area contributed by atoms with Gasteiger partial charge in [0.25, 0.3) is 0 Å². The van der Waals surface area contributed by atoms with Crippen molar-refractivity contribution < 1.29 is 13.2 Å². The lowest BCUT2D eigenvalue weighted by Crippen LogP contribution is -2.45. The molecule has 0 aliphatic carbocycles. The molecular weight excluding hydrogens is 338 g/mol. The molecule has 8 heteroatoms. The van der Waals surface area contributed by atoms with Crippen LogP contribution in [0.3, 0.4) is 0 Å². The predicted octanol–water partition coefficient (Wildman–Crippen LogP) is 1.42. The number of nitrogens with one attached hydrogen (secondary N) is 1. The first-order chi connectivity index (χ1) is 10.8. The Morgan fingerprint density at radius 1 is 1.35 bits per heavy atom. The van der Waals surface area contributed by atoms with Crippen LogP contribution in [-0.4, -0.2) is 25.4 Å². The van der Waals surface area contributed by atoms with Gasteiger partial charge in [-0.1, -0.05) is 41.9 Å². The number of sulfonamides is 1. The number of hydrogen-bond acceptors (Lipinski definition) is 4. The van der Waals surface area contributed by atoms with Crippen molar-refractivity contribution in [2.45, 2.75) is 24.3 Å². The first-order valence-electron chi connectivity index (χ1n) is 6.77. The van der Waals surface area contributed by atoms with Gasteiger partial charge in [0.15, 0.2) is 0 Å². The molecule has 0 aliphatic rings. The molecule has 0 saturated heterocycles. The quantitative estimate of drug-likeness (QED) is 0.766.